The van der Waals surface area contributed by atoms with Crippen LogP contribution >= 0.6 is 11.6 Å². The summed E-state index contributed by atoms with van der Waals surface area (Å²) < 4.78 is 0. The zero-order valence-corrected chi connectivity index (χ0v) is 12.9. The first-order chi connectivity index (χ1) is 10.3. The van der Waals surface area contributed by atoms with E-state index in [2.05, 4.69) is 52.7 Å². The van der Waals surface area contributed by atoms with Gasteiger partial charge in [-0.3, -0.25) is 4.90 Å². The number of benzene rings is 2. The molecule has 1 fully saturated rings. The van der Waals surface area contributed by atoms with Crippen molar-refractivity contribution in [2.24, 2.45) is 0 Å². The number of hydrogen-bond acceptors (Lipinski definition) is 2. The van der Waals surface area contributed by atoms with Gasteiger partial charge in [0.2, 0.25) is 0 Å². The van der Waals surface area contributed by atoms with E-state index in [1.165, 1.54) is 11.1 Å². The van der Waals surface area contributed by atoms with Crippen LogP contribution in [0, 0.1) is 0 Å². The van der Waals surface area contributed by atoms with E-state index >= 15 is 0 Å². The van der Waals surface area contributed by atoms with Gasteiger partial charge in [-0.25, -0.2) is 0 Å². The molecule has 1 aliphatic heterocycles. The number of nitrogens with one attached hydrogen (secondary N) is 1. The summed E-state index contributed by atoms with van der Waals surface area (Å²) in [7, 11) is 0. The molecule has 3 rings (SSSR count). The van der Waals surface area contributed by atoms with Crippen LogP contribution in [0.4, 0.5) is 0 Å². The quantitative estimate of drug-likeness (QED) is 0.931. The molecule has 2 aromatic carbocycles. The predicted molar refractivity (Wildman–Crippen MR) is 88.7 cm³/mol. The van der Waals surface area contributed by atoms with Crippen molar-refractivity contribution >= 4 is 11.6 Å². The number of hydrogen-bond donors (Lipinski definition) is 1. The van der Waals surface area contributed by atoms with E-state index in [-0.39, 0.29) is 0 Å². The van der Waals surface area contributed by atoms with E-state index in [1.807, 2.05) is 12.1 Å². The van der Waals surface area contributed by atoms with Crippen molar-refractivity contribution in [3.05, 3.63) is 70.7 Å². The molecule has 2 aromatic rings. The van der Waals surface area contributed by atoms with Crippen LogP contribution in [0.2, 0.25) is 5.02 Å². The maximum atomic E-state index is 6.31. The standard InChI is InChI=1S/C18H21ClN2/c19-18-9-5-4-8-16(18)14-21-11-10-20-13-17(21)12-15-6-2-1-3-7-15/h1-9,17,20H,10-14H2. The molecule has 110 valence electrons. The fourth-order valence-corrected chi connectivity index (χ4v) is 3.14. The van der Waals surface area contributed by atoms with Crippen LogP contribution in [0.3, 0.4) is 0 Å². The fourth-order valence-electron chi connectivity index (χ4n) is 2.94. The van der Waals surface area contributed by atoms with Gasteiger partial charge < -0.3 is 5.32 Å². The Morgan fingerprint density at radius 2 is 1.81 bits per heavy atom. The Kier molecular flexibility index (Phi) is 4.91. The minimum absolute atomic E-state index is 0.525. The topological polar surface area (TPSA) is 15.3 Å². The van der Waals surface area contributed by atoms with Gasteiger partial charge in [0.15, 0.2) is 0 Å². The van der Waals surface area contributed by atoms with E-state index in [0.717, 1.165) is 37.6 Å². The Hall–Kier alpha value is -1.35. The van der Waals surface area contributed by atoms with Gasteiger partial charge in [-0.05, 0) is 23.6 Å². The fraction of sp³-hybridized carbons (Fsp3) is 0.333. The maximum absolute atomic E-state index is 6.31. The summed E-state index contributed by atoms with van der Waals surface area (Å²) in [5, 5.41) is 4.38. The van der Waals surface area contributed by atoms with Gasteiger partial charge in [0, 0.05) is 37.2 Å². The Balaban J connectivity index is 1.71. The summed E-state index contributed by atoms with van der Waals surface area (Å²) in [6, 6.07) is 19.4. The van der Waals surface area contributed by atoms with Gasteiger partial charge in [-0.1, -0.05) is 60.1 Å². The van der Waals surface area contributed by atoms with Gasteiger partial charge in [-0.15, -0.1) is 0 Å². The highest BCUT2D eigenvalue weighted by Crippen LogP contribution is 2.20. The molecular weight excluding hydrogens is 280 g/mol. The molecule has 1 N–H and O–H groups in total. The summed E-state index contributed by atoms with van der Waals surface area (Å²) in [4.78, 5) is 2.55. The molecule has 1 unspecified atom stereocenters. The Morgan fingerprint density at radius 1 is 1.05 bits per heavy atom. The zero-order valence-electron chi connectivity index (χ0n) is 12.1. The monoisotopic (exact) mass is 300 g/mol. The van der Waals surface area contributed by atoms with E-state index in [0.29, 0.717) is 6.04 Å². The maximum Gasteiger partial charge on any atom is 0.0451 e. The van der Waals surface area contributed by atoms with E-state index in [1.54, 1.807) is 0 Å². The van der Waals surface area contributed by atoms with Gasteiger partial charge >= 0.3 is 0 Å². The zero-order chi connectivity index (χ0) is 14.5. The molecule has 1 saturated heterocycles. The average Bonchev–Trinajstić information content (AvgIpc) is 2.52. The molecule has 0 aromatic heterocycles. The summed E-state index contributed by atoms with van der Waals surface area (Å²) in [5.74, 6) is 0. The van der Waals surface area contributed by atoms with Crippen molar-refractivity contribution in [3.63, 3.8) is 0 Å². The molecule has 1 heterocycles. The molecule has 0 amide bonds. The third-order valence-electron chi connectivity index (χ3n) is 4.12. The number of rotatable bonds is 4. The molecule has 0 saturated carbocycles. The van der Waals surface area contributed by atoms with Crippen LogP contribution in [0.1, 0.15) is 11.1 Å². The molecule has 3 heteroatoms. The summed E-state index contributed by atoms with van der Waals surface area (Å²) >= 11 is 6.31. The van der Waals surface area contributed by atoms with Gasteiger partial charge in [-0.2, -0.15) is 0 Å². The van der Waals surface area contributed by atoms with Crippen molar-refractivity contribution in [3.8, 4) is 0 Å². The minimum Gasteiger partial charge on any atom is -0.314 e. The Bertz CT molecular complexity index is 570. The van der Waals surface area contributed by atoms with Gasteiger partial charge in [0.05, 0.1) is 0 Å². The Labute approximate surface area is 131 Å². The Morgan fingerprint density at radius 3 is 2.62 bits per heavy atom. The van der Waals surface area contributed by atoms with Crippen molar-refractivity contribution in [1.82, 2.24) is 10.2 Å². The summed E-state index contributed by atoms with van der Waals surface area (Å²) in [6.07, 6.45) is 1.08. The van der Waals surface area contributed by atoms with E-state index < -0.39 is 0 Å². The van der Waals surface area contributed by atoms with Crippen LogP contribution in [-0.4, -0.2) is 30.6 Å². The first-order valence-electron chi connectivity index (χ1n) is 7.55. The van der Waals surface area contributed by atoms with Crippen molar-refractivity contribution in [2.45, 2.75) is 19.0 Å². The molecule has 0 bridgehead atoms. The summed E-state index contributed by atoms with van der Waals surface area (Å²) in [6.45, 7) is 4.09. The van der Waals surface area contributed by atoms with E-state index in [4.69, 9.17) is 11.6 Å². The van der Waals surface area contributed by atoms with Crippen molar-refractivity contribution < 1.29 is 0 Å². The summed E-state index contributed by atoms with van der Waals surface area (Å²) in [5.41, 5.74) is 2.62. The lowest BCUT2D eigenvalue weighted by molar-refractivity contribution is 0.152. The van der Waals surface area contributed by atoms with Gasteiger partial charge in [0.25, 0.3) is 0 Å². The molecule has 0 radical (unpaired) electrons. The van der Waals surface area contributed by atoms with Crippen molar-refractivity contribution in [1.29, 1.82) is 0 Å². The van der Waals surface area contributed by atoms with Gasteiger partial charge in [0.1, 0.15) is 0 Å². The van der Waals surface area contributed by atoms with Crippen LogP contribution in [0.25, 0.3) is 0 Å². The molecule has 1 atom stereocenters. The molecule has 1 aliphatic rings. The second-order valence-corrected chi connectivity index (χ2v) is 6.02. The van der Waals surface area contributed by atoms with Crippen molar-refractivity contribution in [2.75, 3.05) is 19.6 Å². The molecule has 0 spiro atoms. The average molecular weight is 301 g/mol. The predicted octanol–water partition coefficient (Wildman–Crippen LogP) is 3.36. The highest BCUT2D eigenvalue weighted by Gasteiger charge is 2.22. The normalized spacial score (nSPS) is 19.6. The number of halogens is 1. The number of nitrogens with zero attached hydrogens (tertiary/aromatic N) is 1. The third kappa shape index (κ3) is 3.85. The smallest absolute Gasteiger partial charge is 0.0451 e. The highest BCUT2D eigenvalue weighted by molar-refractivity contribution is 6.31. The first-order valence-corrected chi connectivity index (χ1v) is 7.93. The molecule has 21 heavy (non-hydrogen) atoms. The third-order valence-corrected chi connectivity index (χ3v) is 4.49. The molecule has 2 nitrogen and oxygen atoms in total. The lowest BCUT2D eigenvalue weighted by Gasteiger charge is -2.36. The van der Waals surface area contributed by atoms with Crippen LogP contribution in [0.15, 0.2) is 54.6 Å². The lowest BCUT2D eigenvalue weighted by atomic mass is 10.0. The second kappa shape index (κ2) is 7.08. The largest absolute Gasteiger partial charge is 0.314 e. The molecular formula is C18H21ClN2. The SMILES string of the molecule is Clc1ccccc1CN1CCNCC1Cc1ccccc1. The molecule has 0 aliphatic carbocycles. The number of piperazine rings is 1. The first kappa shape index (κ1) is 14.6. The highest BCUT2D eigenvalue weighted by atomic mass is 35.5. The second-order valence-electron chi connectivity index (χ2n) is 5.61. The van der Waals surface area contributed by atoms with Crippen LogP contribution in [0.5, 0.6) is 0 Å². The lowest BCUT2D eigenvalue weighted by Crippen LogP contribution is -2.51. The van der Waals surface area contributed by atoms with E-state index in [9.17, 15) is 0 Å². The minimum atomic E-state index is 0.525. The van der Waals surface area contributed by atoms with Crippen LogP contribution in [-0.2, 0) is 13.0 Å². The van der Waals surface area contributed by atoms with Crippen LogP contribution < -0.4 is 5.32 Å².